The topological polar surface area (TPSA) is 105 Å². The van der Waals surface area contributed by atoms with Gasteiger partial charge in [-0.15, -0.1) is 11.6 Å². The minimum Gasteiger partial charge on any atom is -0.387 e. The lowest BCUT2D eigenvalue weighted by molar-refractivity contribution is -0.0349. The molecular formula is C9H10ClFN2O5. The second-order valence-electron chi connectivity index (χ2n) is 3.84. The SMILES string of the molecule is O=c1[nH]c(=O)n(C2O[C@H](CCl)[C@@H](O)[C@H]2O)cc1F. The second kappa shape index (κ2) is 4.81. The van der Waals surface area contributed by atoms with E-state index < -0.39 is 41.6 Å². The summed E-state index contributed by atoms with van der Waals surface area (Å²) in [6.07, 6.45) is -4.32. The lowest BCUT2D eigenvalue weighted by Crippen LogP contribution is -2.38. The molecule has 3 N–H and O–H groups in total. The van der Waals surface area contributed by atoms with Crippen LogP contribution in [0.25, 0.3) is 0 Å². The Labute approximate surface area is 104 Å². The van der Waals surface area contributed by atoms with Crippen LogP contribution in [0.4, 0.5) is 4.39 Å². The summed E-state index contributed by atoms with van der Waals surface area (Å²) in [5.74, 6) is -1.30. The van der Waals surface area contributed by atoms with E-state index in [0.29, 0.717) is 10.8 Å². The molecule has 0 amide bonds. The maximum absolute atomic E-state index is 13.1. The predicted molar refractivity (Wildman–Crippen MR) is 57.9 cm³/mol. The smallest absolute Gasteiger partial charge is 0.330 e. The van der Waals surface area contributed by atoms with Crippen LogP contribution in [0.15, 0.2) is 15.8 Å². The summed E-state index contributed by atoms with van der Waals surface area (Å²) in [5, 5.41) is 19.3. The molecule has 0 aliphatic carbocycles. The standard InChI is InChI=1S/C9H10ClFN2O5/c10-1-4-5(14)6(15)8(18-4)13-2-3(11)7(16)12-9(13)17/h2,4-6,8,14-15H,1H2,(H,12,16,17)/t4-,5-,6-,8?/m1/s1. The number of hydrogen-bond donors (Lipinski definition) is 3. The average Bonchev–Trinajstić information content (AvgIpc) is 2.61. The number of hydrogen-bond acceptors (Lipinski definition) is 5. The van der Waals surface area contributed by atoms with Crippen LogP contribution in [-0.4, -0.2) is 44.0 Å². The van der Waals surface area contributed by atoms with Crippen LogP contribution in [0.2, 0.25) is 0 Å². The summed E-state index contributed by atoms with van der Waals surface area (Å²) in [4.78, 5) is 24.0. The highest BCUT2D eigenvalue weighted by atomic mass is 35.5. The van der Waals surface area contributed by atoms with Crippen molar-refractivity contribution in [1.29, 1.82) is 0 Å². The first-order chi connectivity index (χ1) is 8.45. The van der Waals surface area contributed by atoms with E-state index >= 15 is 0 Å². The van der Waals surface area contributed by atoms with Gasteiger partial charge in [-0.1, -0.05) is 0 Å². The first kappa shape index (κ1) is 13.2. The summed E-state index contributed by atoms with van der Waals surface area (Å²) >= 11 is 5.50. The number of nitrogens with zero attached hydrogens (tertiary/aromatic N) is 1. The molecule has 1 aliphatic heterocycles. The fourth-order valence-corrected chi connectivity index (χ4v) is 1.99. The van der Waals surface area contributed by atoms with E-state index in [2.05, 4.69) is 0 Å². The van der Waals surface area contributed by atoms with Gasteiger partial charge in [-0.25, -0.2) is 4.79 Å². The number of aliphatic hydroxyl groups is 2. The number of nitrogens with one attached hydrogen (secondary N) is 1. The number of ether oxygens (including phenoxy) is 1. The Morgan fingerprint density at radius 1 is 1.44 bits per heavy atom. The molecule has 0 aromatic carbocycles. The summed E-state index contributed by atoms with van der Waals surface area (Å²) in [7, 11) is 0. The summed E-state index contributed by atoms with van der Waals surface area (Å²) < 4.78 is 18.9. The van der Waals surface area contributed by atoms with Gasteiger partial charge >= 0.3 is 5.69 Å². The maximum Gasteiger partial charge on any atom is 0.330 e. The Kier molecular flexibility index (Phi) is 3.53. The number of halogens is 2. The van der Waals surface area contributed by atoms with Crippen LogP contribution in [0, 0.1) is 5.82 Å². The van der Waals surface area contributed by atoms with Gasteiger partial charge in [0.1, 0.15) is 18.3 Å². The quantitative estimate of drug-likeness (QED) is 0.574. The first-order valence-corrected chi connectivity index (χ1v) is 5.57. The van der Waals surface area contributed by atoms with Crippen LogP contribution in [0.1, 0.15) is 6.23 Å². The van der Waals surface area contributed by atoms with Crippen molar-refractivity contribution in [3.63, 3.8) is 0 Å². The van der Waals surface area contributed by atoms with Gasteiger partial charge in [0, 0.05) is 0 Å². The Balaban J connectivity index is 2.42. The van der Waals surface area contributed by atoms with Gasteiger partial charge in [0.25, 0.3) is 5.56 Å². The number of H-pyrrole nitrogens is 1. The van der Waals surface area contributed by atoms with E-state index in [0.717, 1.165) is 0 Å². The Bertz CT molecular complexity index is 559. The summed E-state index contributed by atoms with van der Waals surface area (Å²) in [5.41, 5.74) is -2.12. The third-order valence-corrected chi connectivity index (χ3v) is 2.99. The molecule has 1 aromatic heterocycles. The van der Waals surface area contributed by atoms with Crippen molar-refractivity contribution in [2.24, 2.45) is 0 Å². The molecule has 1 saturated heterocycles. The lowest BCUT2D eigenvalue weighted by Gasteiger charge is -2.16. The third-order valence-electron chi connectivity index (χ3n) is 2.69. The van der Waals surface area contributed by atoms with Crippen molar-refractivity contribution in [2.75, 3.05) is 5.88 Å². The maximum atomic E-state index is 13.1. The molecule has 18 heavy (non-hydrogen) atoms. The zero-order valence-corrected chi connectivity index (χ0v) is 9.67. The molecule has 1 unspecified atom stereocenters. The molecule has 7 nitrogen and oxygen atoms in total. The molecule has 1 fully saturated rings. The van der Waals surface area contributed by atoms with Gasteiger partial charge < -0.3 is 14.9 Å². The monoisotopic (exact) mass is 280 g/mol. The molecule has 4 atom stereocenters. The highest BCUT2D eigenvalue weighted by molar-refractivity contribution is 6.18. The van der Waals surface area contributed by atoms with Crippen LogP contribution < -0.4 is 11.2 Å². The molecule has 9 heteroatoms. The van der Waals surface area contributed by atoms with Gasteiger partial charge in [-0.2, -0.15) is 4.39 Å². The molecule has 0 radical (unpaired) electrons. The molecule has 2 heterocycles. The van der Waals surface area contributed by atoms with E-state index in [1.54, 1.807) is 4.98 Å². The van der Waals surface area contributed by atoms with Crippen molar-refractivity contribution in [1.82, 2.24) is 9.55 Å². The van der Waals surface area contributed by atoms with Gasteiger partial charge in [-0.3, -0.25) is 14.3 Å². The highest BCUT2D eigenvalue weighted by Crippen LogP contribution is 2.28. The van der Waals surface area contributed by atoms with Gasteiger partial charge in [0.2, 0.25) is 5.82 Å². The van der Waals surface area contributed by atoms with Gasteiger partial charge in [-0.05, 0) is 0 Å². The lowest BCUT2D eigenvalue weighted by atomic mass is 10.1. The fourth-order valence-electron chi connectivity index (χ4n) is 1.74. The van der Waals surface area contributed by atoms with E-state index in [4.69, 9.17) is 16.3 Å². The van der Waals surface area contributed by atoms with Crippen molar-refractivity contribution in [2.45, 2.75) is 24.5 Å². The van der Waals surface area contributed by atoms with Gasteiger partial charge in [0.15, 0.2) is 6.23 Å². The molecule has 0 bridgehead atoms. The molecule has 100 valence electrons. The molecule has 1 aromatic rings. The number of aromatic nitrogens is 2. The Morgan fingerprint density at radius 3 is 2.67 bits per heavy atom. The average molecular weight is 281 g/mol. The van der Waals surface area contributed by atoms with E-state index in [1.165, 1.54) is 0 Å². The molecule has 0 saturated carbocycles. The number of alkyl halides is 1. The molecule has 1 aliphatic rings. The fraction of sp³-hybridized carbons (Fsp3) is 0.556. The summed E-state index contributed by atoms with van der Waals surface area (Å²) in [6, 6.07) is 0. The number of rotatable bonds is 2. The second-order valence-corrected chi connectivity index (χ2v) is 4.15. The van der Waals surface area contributed by atoms with Crippen molar-refractivity contribution in [3.05, 3.63) is 32.9 Å². The van der Waals surface area contributed by atoms with Crippen LogP contribution in [-0.2, 0) is 4.74 Å². The van der Waals surface area contributed by atoms with Crippen molar-refractivity contribution in [3.8, 4) is 0 Å². The van der Waals surface area contributed by atoms with Crippen LogP contribution in [0.3, 0.4) is 0 Å². The highest BCUT2D eigenvalue weighted by Gasteiger charge is 2.43. The predicted octanol–water partition coefficient (Wildman–Crippen LogP) is -1.47. The number of aromatic amines is 1. The summed E-state index contributed by atoms with van der Waals surface area (Å²) in [6.45, 7) is 0. The van der Waals surface area contributed by atoms with Crippen LogP contribution in [0.5, 0.6) is 0 Å². The normalized spacial score (nSPS) is 31.8. The zero-order valence-electron chi connectivity index (χ0n) is 8.92. The largest absolute Gasteiger partial charge is 0.387 e. The van der Waals surface area contributed by atoms with Crippen molar-refractivity contribution >= 4 is 11.6 Å². The van der Waals surface area contributed by atoms with Crippen molar-refractivity contribution < 1.29 is 19.3 Å². The minimum atomic E-state index is -1.45. The third kappa shape index (κ3) is 2.07. The number of aliphatic hydroxyl groups excluding tert-OH is 2. The van der Waals surface area contributed by atoms with E-state index in [9.17, 15) is 24.2 Å². The molecule has 2 rings (SSSR count). The zero-order chi connectivity index (χ0) is 13.4. The first-order valence-electron chi connectivity index (χ1n) is 5.04. The molecular weight excluding hydrogens is 271 g/mol. The van der Waals surface area contributed by atoms with Crippen LogP contribution >= 0.6 is 11.6 Å². The Hall–Kier alpha value is -1.22. The Morgan fingerprint density at radius 2 is 2.11 bits per heavy atom. The van der Waals surface area contributed by atoms with Gasteiger partial charge in [0.05, 0.1) is 12.1 Å². The molecule has 0 spiro atoms. The van der Waals surface area contributed by atoms with E-state index in [-0.39, 0.29) is 5.88 Å². The minimum absolute atomic E-state index is 0.102. The van der Waals surface area contributed by atoms with E-state index in [1.807, 2.05) is 0 Å².